The molecule has 0 atom stereocenters. The number of hydrogen-bond acceptors (Lipinski definition) is 15. The molecule has 3 aromatic rings. The molecular formula is C21H9N3O12Tb3-6. The molecule has 0 aromatic carbocycles. The van der Waals surface area contributed by atoms with E-state index in [1.807, 2.05) is 0 Å². The van der Waals surface area contributed by atoms with Crippen LogP contribution in [0.2, 0.25) is 0 Å². The van der Waals surface area contributed by atoms with Gasteiger partial charge in [-0.1, -0.05) is 18.2 Å². The van der Waals surface area contributed by atoms with Crippen LogP contribution in [0.3, 0.4) is 0 Å². The average molecular weight is 972 g/mol. The number of carbonyl (C=O) groups is 6. The Morgan fingerprint density at radius 2 is 0.487 bits per heavy atom. The molecular weight excluding hydrogens is 963 g/mol. The number of carbonyl (C=O) groups excluding carboxylic acids is 6. The fourth-order valence-corrected chi connectivity index (χ4v) is 1.99. The van der Waals surface area contributed by atoms with E-state index in [0.717, 1.165) is 36.4 Å². The van der Waals surface area contributed by atoms with Gasteiger partial charge < -0.3 is 59.4 Å². The zero-order chi connectivity index (χ0) is 27.4. The Hall–Kier alpha value is -1.87. The molecule has 0 aliphatic rings. The van der Waals surface area contributed by atoms with Crippen LogP contribution in [-0.2, 0) is 0 Å². The third kappa shape index (κ3) is 15.5. The first-order chi connectivity index (χ1) is 16.8. The van der Waals surface area contributed by atoms with Crippen molar-refractivity contribution in [2.75, 3.05) is 0 Å². The molecule has 0 unspecified atom stereocenters. The van der Waals surface area contributed by atoms with Crippen LogP contribution in [0.1, 0.15) is 62.9 Å². The zero-order valence-corrected chi connectivity index (χ0v) is 24.9. The summed E-state index contributed by atoms with van der Waals surface area (Å²) in [5.74, 6) is -9.09. The fraction of sp³-hybridized carbons (Fsp3) is 0. The number of carboxylic acids is 6. The van der Waals surface area contributed by atoms with E-state index in [0.29, 0.717) is 0 Å². The van der Waals surface area contributed by atoms with Gasteiger partial charge in [0, 0.05) is 116 Å². The van der Waals surface area contributed by atoms with Crippen molar-refractivity contribution in [2.45, 2.75) is 0 Å². The predicted molar refractivity (Wildman–Crippen MR) is 98.7 cm³/mol. The fourth-order valence-electron chi connectivity index (χ4n) is 1.99. The van der Waals surface area contributed by atoms with Crippen LogP contribution in [0.25, 0.3) is 0 Å². The first kappa shape index (κ1) is 41.6. The van der Waals surface area contributed by atoms with Crippen LogP contribution in [-0.4, -0.2) is 50.8 Å². The van der Waals surface area contributed by atoms with Crippen molar-refractivity contribution in [1.29, 1.82) is 0 Å². The summed E-state index contributed by atoms with van der Waals surface area (Å²) in [6.07, 6.45) is 0. The van der Waals surface area contributed by atoms with Crippen molar-refractivity contribution in [1.82, 2.24) is 15.0 Å². The number of rotatable bonds is 6. The van der Waals surface area contributed by atoms with E-state index in [-0.39, 0.29) is 116 Å². The summed E-state index contributed by atoms with van der Waals surface area (Å²) in [6, 6.07) is 10.6. The Balaban J connectivity index is -0.000000480. The third-order valence-electron chi connectivity index (χ3n) is 3.50. The molecule has 0 bridgehead atoms. The van der Waals surface area contributed by atoms with Gasteiger partial charge in [-0.05, 0) is 36.4 Å². The maximum Gasteiger partial charge on any atom is 0.0900 e. The molecule has 0 aliphatic heterocycles. The van der Waals surface area contributed by atoms with Gasteiger partial charge in [0.2, 0.25) is 0 Å². The summed E-state index contributed by atoms with van der Waals surface area (Å²) in [5.41, 5.74) is -2.52. The number of hydrogen-bond donors (Lipinski definition) is 0. The molecule has 15 nitrogen and oxygen atoms in total. The smallest absolute Gasteiger partial charge is 0.0900 e. The maximum atomic E-state index is 10.2. The number of nitrogens with zero attached hydrogens (tertiary/aromatic N) is 3. The second-order valence-electron chi connectivity index (χ2n) is 5.95. The predicted octanol–water partition coefficient (Wildman–Crippen LogP) is -6.57. The van der Waals surface area contributed by atoms with Crippen molar-refractivity contribution in [3.63, 3.8) is 0 Å². The van der Waals surface area contributed by atoms with Gasteiger partial charge >= 0.3 is 0 Å². The number of aromatic nitrogens is 3. The molecule has 0 fully saturated rings. The standard InChI is InChI=1S/3C7H5NO4.3Tb/c3*9-6(10)4-2-1-3-5(8-4)7(11)12;;;/h3*1-3H,(H,9,10)(H,11,12);;;/p-6. The Bertz CT molecular complexity index is 1090. The van der Waals surface area contributed by atoms with E-state index in [2.05, 4.69) is 15.0 Å². The molecule has 3 radical (unpaired) electrons. The number of carboxylic acid groups (broad SMARTS) is 6. The van der Waals surface area contributed by atoms with Gasteiger partial charge in [0.1, 0.15) is 0 Å². The largest absolute Gasteiger partial charge is 0.543 e. The second-order valence-corrected chi connectivity index (χ2v) is 5.95. The SMILES string of the molecule is O=C([O-])c1cccc(C(=O)[O-])n1.O=C([O-])c1cccc(C(=O)[O-])n1.O=C([O-])c1cccc(C(=O)[O-])n1.[Tb].[Tb].[Tb]. The summed E-state index contributed by atoms with van der Waals surface area (Å²) in [5, 5.41) is 61.1. The van der Waals surface area contributed by atoms with Crippen molar-refractivity contribution in [3.05, 3.63) is 88.8 Å². The van der Waals surface area contributed by atoms with E-state index < -0.39 is 70.0 Å². The molecule has 3 heterocycles. The van der Waals surface area contributed by atoms with E-state index in [1.165, 1.54) is 18.2 Å². The molecule has 0 spiro atoms. The molecule has 0 amide bonds. The molecule has 39 heavy (non-hydrogen) atoms. The van der Waals surface area contributed by atoms with Crippen LogP contribution >= 0.6 is 0 Å². The first-order valence-electron chi connectivity index (χ1n) is 9.02. The minimum absolute atomic E-state index is 0. The molecule has 0 N–H and O–H groups in total. The summed E-state index contributed by atoms with van der Waals surface area (Å²) >= 11 is 0. The molecule has 0 saturated heterocycles. The molecule has 3 aromatic heterocycles. The molecule has 0 aliphatic carbocycles. The Kier molecular flexibility index (Phi) is 22.4. The minimum atomic E-state index is -1.52. The molecule has 213 valence electrons. The van der Waals surface area contributed by atoms with E-state index in [4.69, 9.17) is 0 Å². The summed E-state index contributed by atoms with van der Waals surface area (Å²) in [4.78, 5) is 70.9. The van der Waals surface area contributed by atoms with Crippen LogP contribution in [0.4, 0.5) is 0 Å². The van der Waals surface area contributed by atoms with E-state index in [1.54, 1.807) is 0 Å². The summed E-state index contributed by atoms with van der Waals surface area (Å²) in [6.45, 7) is 0. The van der Waals surface area contributed by atoms with Gasteiger partial charge in [0.15, 0.2) is 0 Å². The van der Waals surface area contributed by atoms with E-state index in [9.17, 15) is 59.4 Å². The van der Waals surface area contributed by atoms with Crippen LogP contribution in [0.15, 0.2) is 54.6 Å². The average Bonchev–Trinajstić information content (AvgIpc) is 2.85. The zero-order valence-electron chi connectivity index (χ0n) is 18.4. The van der Waals surface area contributed by atoms with E-state index >= 15 is 0 Å². The monoisotopic (exact) mass is 972 g/mol. The summed E-state index contributed by atoms with van der Waals surface area (Å²) in [7, 11) is 0. The summed E-state index contributed by atoms with van der Waals surface area (Å²) < 4.78 is 0. The van der Waals surface area contributed by atoms with Gasteiger partial charge in [-0.2, -0.15) is 0 Å². The molecule has 18 heteroatoms. The minimum Gasteiger partial charge on any atom is -0.543 e. The van der Waals surface area contributed by atoms with Crippen molar-refractivity contribution >= 4 is 35.8 Å². The third-order valence-corrected chi connectivity index (χ3v) is 3.50. The number of aromatic carboxylic acids is 6. The van der Waals surface area contributed by atoms with Crippen LogP contribution in [0, 0.1) is 116 Å². The van der Waals surface area contributed by atoms with Crippen molar-refractivity contribution < 1.29 is 175 Å². The van der Waals surface area contributed by atoms with Crippen molar-refractivity contribution in [3.8, 4) is 0 Å². The second kappa shape index (κ2) is 21.0. The van der Waals surface area contributed by atoms with Gasteiger partial charge in [0.05, 0.1) is 70.0 Å². The van der Waals surface area contributed by atoms with Crippen molar-refractivity contribution in [2.24, 2.45) is 0 Å². The first-order valence-corrected chi connectivity index (χ1v) is 9.02. The van der Waals surface area contributed by atoms with Gasteiger partial charge in [0.25, 0.3) is 0 Å². The van der Waals surface area contributed by atoms with Crippen LogP contribution in [0.5, 0.6) is 0 Å². The quantitative estimate of drug-likeness (QED) is 0.222. The number of pyridine rings is 3. The normalized spacial score (nSPS) is 8.62. The Morgan fingerprint density at radius 3 is 0.590 bits per heavy atom. The maximum absolute atomic E-state index is 10.2. The van der Waals surface area contributed by atoms with Crippen LogP contribution < -0.4 is 30.6 Å². The molecule has 0 saturated carbocycles. The van der Waals surface area contributed by atoms with Gasteiger partial charge in [-0.15, -0.1) is 0 Å². The Morgan fingerprint density at radius 1 is 0.359 bits per heavy atom. The Labute approximate surface area is 310 Å². The van der Waals surface area contributed by atoms with Gasteiger partial charge in [-0.25, -0.2) is 15.0 Å². The molecule has 3 rings (SSSR count). The van der Waals surface area contributed by atoms with Gasteiger partial charge in [-0.3, -0.25) is 0 Å². The topological polar surface area (TPSA) is 279 Å².